The van der Waals surface area contributed by atoms with Crippen LogP contribution in [0, 0.1) is 5.92 Å². The molecule has 2 amide bonds. The molecule has 0 spiro atoms. The van der Waals surface area contributed by atoms with Crippen molar-refractivity contribution < 1.29 is 9.59 Å². The molecule has 2 aromatic carbocycles. The molecule has 5 nitrogen and oxygen atoms in total. The number of hydrogen-bond acceptors (Lipinski definition) is 2. The van der Waals surface area contributed by atoms with E-state index in [1.165, 1.54) is 0 Å². The first kappa shape index (κ1) is 16.4. The average Bonchev–Trinajstić information content (AvgIpc) is 3.44. The molecule has 1 aromatic heterocycles. The summed E-state index contributed by atoms with van der Waals surface area (Å²) in [4.78, 5) is 28.3. The Hall–Kier alpha value is -3.08. The Balaban J connectivity index is 1.55. The van der Waals surface area contributed by atoms with E-state index in [1.54, 1.807) is 0 Å². The highest BCUT2D eigenvalue weighted by Gasteiger charge is 2.33. The molecule has 1 heterocycles. The van der Waals surface area contributed by atoms with Gasteiger partial charge in [0.2, 0.25) is 11.8 Å². The van der Waals surface area contributed by atoms with E-state index in [1.807, 2.05) is 60.8 Å². The molecule has 26 heavy (non-hydrogen) atoms. The molecule has 1 saturated carbocycles. The maximum Gasteiger partial charge on any atom is 0.247 e. The third-order valence-electron chi connectivity index (χ3n) is 4.72. The van der Waals surface area contributed by atoms with Crippen molar-refractivity contribution >= 4 is 28.4 Å². The summed E-state index contributed by atoms with van der Waals surface area (Å²) < 4.78 is 0. The molecule has 0 aliphatic heterocycles. The Kier molecular flexibility index (Phi) is 4.44. The van der Waals surface area contributed by atoms with Crippen LogP contribution < -0.4 is 10.6 Å². The van der Waals surface area contributed by atoms with Crippen LogP contribution in [0.1, 0.15) is 18.4 Å². The number of para-hydroxylation sites is 2. The molecule has 1 aliphatic rings. The van der Waals surface area contributed by atoms with E-state index in [4.69, 9.17) is 0 Å². The molecule has 0 unspecified atom stereocenters. The summed E-state index contributed by atoms with van der Waals surface area (Å²) in [6.45, 7) is 0. The first-order valence-electron chi connectivity index (χ1n) is 8.92. The molecule has 132 valence electrons. The molecular formula is C21H21N3O2. The summed E-state index contributed by atoms with van der Waals surface area (Å²) in [7, 11) is 0. The number of H-pyrrole nitrogens is 1. The number of fused-ring (bicyclic) bond motifs is 1. The van der Waals surface area contributed by atoms with Crippen molar-refractivity contribution in [1.82, 2.24) is 10.3 Å². The molecule has 1 atom stereocenters. The van der Waals surface area contributed by atoms with Crippen LogP contribution in [0.25, 0.3) is 10.9 Å². The van der Waals surface area contributed by atoms with Crippen molar-refractivity contribution in [3.05, 3.63) is 66.4 Å². The summed E-state index contributed by atoms with van der Waals surface area (Å²) in [5, 5.41) is 6.92. The lowest BCUT2D eigenvalue weighted by atomic mass is 10.0. The van der Waals surface area contributed by atoms with Crippen molar-refractivity contribution in [3.63, 3.8) is 0 Å². The van der Waals surface area contributed by atoms with Crippen molar-refractivity contribution in [2.24, 2.45) is 5.92 Å². The van der Waals surface area contributed by atoms with E-state index in [-0.39, 0.29) is 17.7 Å². The average molecular weight is 347 g/mol. The largest absolute Gasteiger partial charge is 0.361 e. The molecular weight excluding hydrogens is 326 g/mol. The smallest absolute Gasteiger partial charge is 0.247 e. The van der Waals surface area contributed by atoms with Crippen LogP contribution in [-0.2, 0) is 16.0 Å². The Morgan fingerprint density at radius 1 is 1.04 bits per heavy atom. The van der Waals surface area contributed by atoms with Gasteiger partial charge in [-0.15, -0.1) is 0 Å². The summed E-state index contributed by atoms with van der Waals surface area (Å²) in [6.07, 6.45) is 4.18. The number of hydrogen-bond donors (Lipinski definition) is 3. The van der Waals surface area contributed by atoms with Gasteiger partial charge in [0.25, 0.3) is 0 Å². The van der Waals surface area contributed by atoms with Gasteiger partial charge in [0.05, 0.1) is 0 Å². The number of nitrogens with one attached hydrogen (secondary N) is 3. The van der Waals surface area contributed by atoms with E-state index in [2.05, 4.69) is 15.6 Å². The van der Waals surface area contributed by atoms with E-state index in [0.717, 1.165) is 35.0 Å². The second-order valence-electron chi connectivity index (χ2n) is 6.75. The topological polar surface area (TPSA) is 74.0 Å². The molecule has 3 N–H and O–H groups in total. The van der Waals surface area contributed by atoms with Gasteiger partial charge in [0.1, 0.15) is 6.04 Å². The van der Waals surface area contributed by atoms with Crippen molar-refractivity contribution in [1.29, 1.82) is 0 Å². The summed E-state index contributed by atoms with van der Waals surface area (Å²) in [5.41, 5.74) is 2.77. The monoisotopic (exact) mass is 347 g/mol. The number of rotatable bonds is 6. The Labute approximate surface area is 151 Å². The number of anilines is 1. The maximum absolute atomic E-state index is 12.8. The van der Waals surface area contributed by atoms with Gasteiger partial charge < -0.3 is 15.6 Å². The van der Waals surface area contributed by atoms with Gasteiger partial charge in [-0.05, 0) is 36.6 Å². The molecule has 0 saturated heterocycles. The Morgan fingerprint density at radius 2 is 1.77 bits per heavy atom. The van der Waals surface area contributed by atoms with Gasteiger partial charge in [-0.1, -0.05) is 36.4 Å². The molecule has 4 rings (SSSR count). The van der Waals surface area contributed by atoms with E-state index in [0.29, 0.717) is 6.42 Å². The highest BCUT2D eigenvalue weighted by molar-refractivity contribution is 5.98. The van der Waals surface area contributed by atoms with E-state index >= 15 is 0 Å². The minimum absolute atomic E-state index is 0.0296. The highest BCUT2D eigenvalue weighted by atomic mass is 16.2. The van der Waals surface area contributed by atoms with Crippen molar-refractivity contribution in [3.8, 4) is 0 Å². The Bertz CT molecular complexity index is 929. The Morgan fingerprint density at radius 3 is 2.54 bits per heavy atom. The van der Waals surface area contributed by atoms with Crippen LogP contribution in [0.15, 0.2) is 60.8 Å². The van der Waals surface area contributed by atoms with Crippen molar-refractivity contribution in [2.45, 2.75) is 25.3 Å². The summed E-state index contributed by atoms with van der Waals surface area (Å²) in [5.74, 6) is -0.168. The molecule has 5 heteroatoms. The second kappa shape index (κ2) is 7.04. The fraction of sp³-hybridized carbons (Fsp3) is 0.238. The van der Waals surface area contributed by atoms with Gasteiger partial charge in [-0.3, -0.25) is 9.59 Å². The lowest BCUT2D eigenvalue weighted by molar-refractivity contribution is -0.127. The highest BCUT2D eigenvalue weighted by Crippen LogP contribution is 2.29. The maximum atomic E-state index is 12.8. The number of carbonyl (C=O) groups excluding carboxylic acids is 2. The number of aromatic amines is 1. The lowest BCUT2D eigenvalue weighted by Crippen LogP contribution is -2.45. The first-order valence-corrected chi connectivity index (χ1v) is 8.92. The van der Waals surface area contributed by atoms with Crippen LogP contribution >= 0.6 is 0 Å². The van der Waals surface area contributed by atoms with Crippen LogP contribution in [-0.4, -0.2) is 22.8 Å². The third kappa shape index (κ3) is 3.61. The third-order valence-corrected chi connectivity index (χ3v) is 4.72. The first-order chi connectivity index (χ1) is 12.7. The predicted octanol–water partition coefficient (Wildman–Crippen LogP) is 3.24. The van der Waals surface area contributed by atoms with Gasteiger partial charge in [-0.25, -0.2) is 0 Å². The number of amides is 2. The van der Waals surface area contributed by atoms with Crippen LogP contribution in [0.3, 0.4) is 0 Å². The summed E-state index contributed by atoms with van der Waals surface area (Å²) >= 11 is 0. The van der Waals surface area contributed by atoms with Crippen LogP contribution in [0.2, 0.25) is 0 Å². The van der Waals surface area contributed by atoms with E-state index < -0.39 is 6.04 Å². The van der Waals surface area contributed by atoms with Crippen LogP contribution in [0.5, 0.6) is 0 Å². The zero-order chi connectivity index (χ0) is 17.9. The number of carbonyl (C=O) groups is 2. The summed E-state index contributed by atoms with van der Waals surface area (Å²) in [6, 6.07) is 16.7. The molecule has 1 fully saturated rings. The zero-order valence-electron chi connectivity index (χ0n) is 14.4. The second-order valence-corrected chi connectivity index (χ2v) is 6.75. The molecule has 1 aliphatic carbocycles. The van der Waals surface area contributed by atoms with Crippen LogP contribution in [0.4, 0.5) is 5.69 Å². The van der Waals surface area contributed by atoms with Crippen molar-refractivity contribution in [2.75, 3.05) is 5.32 Å². The van der Waals surface area contributed by atoms with Gasteiger partial charge in [0, 0.05) is 35.1 Å². The minimum atomic E-state index is -0.609. The fourth-order valence-corrected chi connectivity index (χ4v) is 3.12. The number of aromatic nitrogens is 1. The van der Waals surface area contributed by atoms with Gasteiger partial charge >= 0.3 is 0 Å². The molecule has 0 radical (unpaired) electrons. The van der Waals surface area contributed by atoms with Gasteiger partial charge in [0.15, 0.2) is 0 Å². The SMILES string of the molecule is O=C(N[C@H](Cc1c[nH]c2ccccc12)C(=O)Nc1ccccc1)C1CC1. The predicted molar refractivity (Wildman–Crippen MR) is 102 cm³/mol. The molecule has 3 aromatic rings. The standard InChI is InChI=1S/C21H21N3O2/c25-20(14-10-11-14)24-19(21(26)23-16-6-2-1-3-7-16)12-15-13-22-18-9-5-4-8-17(15)18/h1-9,13-14,19,22H,10-12H2,(H,23,26)(H,24,25)/t19-/m1/s1. The zero-order valence-corrected chi connectivity index (χ0v) is 14.4. The van der Waals surface area contributed by atoms with Gasteiger partial charge in [-0.2, -0.15) is 0 Å². The minimum Gasteiger partial charge on any atom is -0.361 e. The number of benzene rings is 2. The lowest BCUT2D eigenvalue weighted by Gasteiger charge is -2.18. The van der Waals surface area contributed by atoms with E-state index in [9.17, 15) is 9.59 Å². The fourth-order valence-electron chi connectivity index (χ4n) is 3.12. The normalized spacial score (nSPS) is 14.8. The molecule has 0 bridgehead atoms. The quantitative estimate of drug-likeness (QED) is 0.640.